The van der Waals surface area contributed by atoms with E-state index in [2.05, 4.69) is 26.8 Å². The smallest absolute Gasteiger partial charge is 0.105 e. The molecule has 1 aromatic heterocycles. The maximum absolute atomic E-state index is 10.3. The molecule has 0 radical (unpaired) electrons. The monoisotopic (exact) mass is 232 g/mol. The van der Waals surface area contributed by atoms with Gasteiger partial charge in [0.05, 0.1) is 0 Å². The van der Waals surface area contributed by atoms with E-state index in [0.717, 1.165) is 11.1 Å². The van der Waals surface area contributed by atoms with Gasteiger partial charge in [0.2, 0.25) is 0 Å². The van der Waals surface area contributed by atoms with E-state index < -0.39 is 6.10 Å². The van der Waals surface area contributed by atoms with Gasteiger partial charge in [0.15, 0.2) is 0 Å². The Bertz CT molecular complexity index is 482. The highest BCUT2D eigenvalue weighted by atomic mass is 32.1. The molecule has 0 spiro atoms. The minimum absolute atomic E-state index is 0.495. The van der Waals surface area contributed by atoms with Gasteiger partial charge in [0.1, 0.15) is 6.10 Å². The Morgan fingerprint density at radius 3 is 2.19 bits per heavy atom. The zero-order valence-corrected chi connectivity index (χ0v) is 10.6. The summed E-state index contributed by atoms with van der Waals surface area (Å²) in [6.45, 7) is 6.18. The molecule has 1 N–H and O–H groups in total. The maximum atomic E-state index is 10.3. The van der Waals surface area contributed by atoms with Crippen LogP contribution in [0.5, 0.6) is 0 Å². The van der Waals surface area contributed by atoms with Gasteiger partial charge < -0.3 is 5.11 Å². The Labute approximate surface area is 100 Å². The van der Waals surface area contributed by atoms with Crippen molar-refractivity contribution in [1.82, 2.24) is 0 Å². The third kappa shape index (κ3) is 2.18. The molecule has 1 aromatic carbocycles. The highest BCUT2D eigenvalue weighted by Gasteiger charge is 2.14. The fourth-order valence-electron chi connectivity index (χ4n) is 1.85. The summed E-state index contributed by atoms with van der Waals surface area (Å²) < 4.78 is 0. The zero-order valence-electron chi connectivity index (χ0n) is 9.82. The van der Waals surface area contributed by atoms with Crippen LogP contribution in [0.2, 0.25) is 0 Å². The number of benzene rings is 1. The first-order chi connectivity index (χ1) is 7.58. The largest absolute Gasteiger partial charge is 0.384 e. The number of hydrogen-bond donors (Lipinski definition) is 1. The summed E-state index contributed by atoms with van der Waals surface area (Å²) in [5.74, 6) is 0. The molecule has 0 aliphatic carbocycles. The number of thiophene rings is 1. The summed E-state index contributed by atoms with van der Waals surface area (Å²) in [7, 11) is 0. The predicted molar refractivity (Wildman–Crippen MR) is 69.0 cm³/mol. The fraction of sp³-hybridized carbons (Fsp3) is 0.286. The van der Waals surface area contributed by atoms with Gasteiger partial charge in [0.25, 0.3) is 0 Å². The van der Waals surface area contributed by atoms with E-state index in [0.29, 0.717) is 0 Å². The Hall–Kier alpha value is -1.12. The summed E-state index contributed by atoms with van der Waals surface area (Å²) in [6.07, 6.45) is -0.495. The lowest BCUT2D eigenvalue weighted by Gasteiger charge is -2.11. The van der Waals surface area contributed by atoms with E-state index in [4.69, 9.17) is 0 Å². The standard InChI is InChI=1S/C14H16OS/c1-9-4-6-12(7-5-9)14(15)13-8-10(2)16-11(13)3/h4-8,14-15H,1-3H3. The molecule has 2 rings (SSSR count). The Balaban J connectivity index is 2.35. The number of rotatable bonds is 2. The van der Waals surface area contributed by atoms with Gasteiger partial charge in [-0.3, -0.25) is 0 Å². The van der Waals surface area contributed by atoms with Crippen molar-refractivity contribution < 1.29 is 5.11 Å². The summed E-state index contributed by atoms with van der Waals surface area (Å²) in [6, 6.07) is 10.1. The first-order valence-electron chi connectivity index (χ1n) is 5.39. The van der Waals surface area contributed by atoms with Crippen molar-refractivity contribution in [2.45, 2.75) is 26.9 Å². The van der Waals surface area contributed by atoms with Crippen LogP contribution in [0.1, 0.15) is 32.5 Å². The van der Waals surface area contributed by atoms with E-state index in [1.807, 2.05) is 24.3 Å². The number of aliphatic hydroxyl groups is 1. The Kier molecular flexibility index (Phi) is 3.13. The van der Waals surface area contributed by atoms with Crippen molar-refractivity contribution in [3.8, 4) is 0 Å². The van der Waals surface area contributed by atoms with Gasteiger partial charge in [-0.1, -0.05) is 29.8 Å². The number of aliphatic hydroxyl groups excluding tert-OH is 1. The molecule has 1 nitrogen and oxygen atoms in total. The second-order valence-electron chi connectivity index (χ2n) is 4.18. The van der Waals surface area contributed by atoms with Crippen molar-refractivity contribution in [3.05, 3.63) is 56.8 Å². The average molecular weight is 232 g/mol. The Morgan fingerprint density at radius 1 is 1.06 bits per heavy atom. The summed E-state index contributed by atoms with van der Waals surface area (Å²) in [5, 5.41) is 10.3. The maximum Gasteiger partial charge on any atom is 0.105 e. The lowest BCUT2D eigenvalue weighted by atomic mass is 10.0. The Morgan fingerprint density at radius 2 is 1.69 bits per heavy atom. The van der Waals surface area contributed by atoms with E-state index in [1.54, 1.807) is 11.3 Å². The van der Waals surface area contributed by atoms with Crippen LogP contribution in [-0.2, 0) is 0 Å². The molecule has 2 aromatic rings. The molecule has 2 heteroatoms. The van der Waals surface area contributed by atoms with Crippen molar-refractivity contribution >= 4 is 11.3 Å². The van der Waals surface area contributed by atoms with E-state index >= 15 is 0 Å². The van der Waals surface area contributed by atoms with Crippen molar-refractivity contribution in [3.63, 3.8) is 0 Å². The molecule has 0 fully saturated rings. The zero-order chi connectivity index (χ0) is 11.7. The van der Waals surface area contributed by atoms with Gasteiger partial charge in [-0.2, -0.15) is 0 Å². The molecular weight excluding hydrogens is 216 g/mol. The minimum Gasteiger partial charge on any atom is -0.384 e. The summed E-state index contributed by atoms with van der Waals surface area (Å²) in [4.78, 5) is 2.45. The molecule has 84 valence electrons. The molecule has 16 heavy (non-hydrogen) atoms. The van der Waals surface area contributed by atoms with E-state index in [1.165, 1.54) is 15.3 Å². The van der Waals surface area contributed by atoms with E-state index in [-0.39, 0.29) is 0 Å². The van der Waals surface area contributed by atoms with Crippen LogP contribution in [0.25, 0.3) is 0 Å². The second kappa shape index (κ2) is 4.40. The average Bonchev–Trinajstić information content (AvgIpc) is 2.58. The normalized spacial score (nSPS) is 12.8. The molecule has 0 saturated heterocycles. The minimum atomic E-state index is -0.495. The second-order valence-corrected chi connectivity index (χ2v) is 5.64. The first-order valence-corrected chi connectivity index (χ1v) is 6.21. The van der Waals surface area contributed by atoms with Crippen LogP contribution in [0.4, 0.5) is 0 Å². The van der Waals surface area contributed by atoms with Crippen LogP contribution < -0.4 is 0 Å². The molecule has 0 aliphatic rings. The molecule has 0 saturated carbocycles. The molecule has 1 heterocycles. The van der Waals surface area contributed by atoms with Gasteiger partial charge in [0, 0.05) is 9.75 Å². The lowest BCUT2D eigenvalue weighted by molar-refractivity contribution is 0.220. The quantitative estimate of drug-likeness (QED) is 0.836. The highest BCUT2D eigenvalue weighted by Crippen LogP contribution is 2.30. The summed E-state index contributed by atoms with van der Waals surface area (Å²) in [5.41, 5.74) is 3.21. The van der Waals surface area contributed by atoms with Crippen LogP contribution in [0.15, 0.2) is 30.3 Å². The SMILES string of the molecule is Cc1ccc(C(O)c2cc(C)sc2C)cc1. The van der Waals surface area contributed by atoms with Crippen LogP contribution in [0.3, 0.4) is 0 Å². The van der Waals surface area contributed by atoms with Crippen molar-refractivity contribution in [2.24, 2.45) is 0 Å². The van der Waals surface area contributed by atoms with Gasteiger partial charge in [-0.15, -0.1) is 11.3 Å². The molecular formula is C14H16OS. The lowest BCUT2D eigenvalue weighted by Crippen LogP contribution is -1.99. The highest BCUT2D eigenvalue weighted by molar-refractivity contribution is 7.12. The third-order valence-corrected chi connectivity index (χ3v) is 3.75. The number of aryl methyl sites for hydroxylation is 3. The third-order valence-electron chi connectivity index (χ3n) is 2.77. The molecule has 0 amide bonds. The molecule has 0 aliphatic heterocycles. The summed E-state index contributed by atoms with van der Waals surface area (Å²) >= 11 is 1.74. The molecule has 1 unspecified atom stereocenters. The van der Waals surface area contributed by atoms with Crippen LogP contribution in [-0.4, -0.2) is 5.11 Å². The fourth-order valence-corrected chi connectivity index (χ4v) is 2.81. The topological polar surface area (TPSA) is 20.2 Å². The van der Waals surface area contributed by atoms with Crippen LogP contribution >= 0.6 is 11.3 Å². The first kappa shape index (κ1) is 11.4. The van der Waals surface area contributed by atoms with Gasteiger partial charge in [-0.05, 0) is 38.0 Å². The number of hydrogen-bond acceptors (Lipinski definition) is 2. The van der Waals surface area contributed by atoms with Gasteiger partial charge >= 0.3 is 0 Å². The van der Waals surface area contributed by atoms with Crippen molar-refractivity contribution in [1.29, 1.82) is 0 Å². The molecule has 0 bridgehead atoms. The van der Waals surface area contributed by atoms with Crippen molar-refractivity contribution in [2.75, 3.05) is 0 Å². The van der Waals surface area contributed by atoms with Crippen LogP contribution in [0, 0.1) is 20.8 Å². The predicted octanol–water partition coefficient (Wildman–Crippen LogP) is 3.76. The molecule has 1 atom stereocenters. The van der Waals surface area contributed by atoms with E-state index in [9.17, 15) is 5.11 Å². The van der Waals surface area contributed by atoms with Gasteiger partial charge in [-0.25, -0.2) is 0 Å².